The monoisotopic (exact) mass is 269 g/mol. The van der Waals surface area contributed by atoms with Crippen molar-refractivity contribution in [3.8, 4) is 5.75 Å². The summed E-state index contributed by atoms with van der Waals surface area (Å²) in [6.07, 6.45) is 0. The third kappa shape index (κ3) is 2.96. The van der Waals surface area contributed by atoms with Crippen molar-refractivity contribution in [3.05, 3.63) is 58.1 Å². The molecule has 0 aliphatic heterocycles. The van der Waals surface area contributed by atoms with Crippen molar-refractivity contribution in [2.24, 2.45) is 0 Å². The van der Waals surface area contributed by atoms with Crippen LogP contribution < -0.4 is 5.32 Å². The molecule has 2 N–H and O–H groups in total. The van der Waals surface area contributed by atoms with Crippen LogP contribution >= 0.6 is 0 Å². The molecule has 1 atom stereocenters. The Kier molecular flexibility index (Phi) is 4.03. The Morgan fingerprint density at radius 3 is 2.20 bits per heavy atom. The van der Waals surface area contributed by atoms with Gasteiger partial charge in [-0.2, -0.15) is 0 Å². The lowest BCUT2D eigenvalue weighted by Crippen LogP contribution is -2.08. The first-order valence-electron chi connectivity index (χ1n) is 7.02. The number of hydrogen-bond donors (Lipinski definition) is 2. The van der Waals surface area contributed by atoms with Crippen molar-refractivity contribution in [1.29, 1.82) is 0 Å². The van der Waals surface area contributed by atoms with Gasteiger partial charge in [0.25, 0.3) is 0 Å². The van der Waals surface area contributed by atoms with Crippen LogP contribution in [-0.4, -0.2) is 5.11 Å². The van der Waals surface area contributed by atoms with Gasteiger partial charge in [-0.05, 0) is 74.6 Å². The Bertz CT molecular complexity index is 632. The minimum Gasteiger partial charge on any atom is -0.508 e. The highest BCUT2D eigenvalue weighted by Gasteiger charge is 2.09. The van der Waals surface area contributed by atoms with E-state index in [0.717, 1.165) is 16.8 Å². The van der Waals surface area contributed by atoms with Gasteiger partial charge in [0.2, 0.25) is 0 Å². The van der Waals surface area contributed by atoms with Crippen LogP contribution in [0.2, 0.25) is 0 Å². The van der Waals surface area contributed by atoms with E-state index in [1.54, 1.807) is 0 Å². The van der Waals surface area contributed by atoms with Crippen molar-refractivity contribution in [2.45, 2.75) is 40.7 Å². The fraction of sp³-hybridized carbons (Fsp3) is 0.333. The summed E-state index contributed by atoms with van der Waals surface area (Å²) in [6.45, 7) is 10.4. The summed E-state index contributed by atoms with van der Waals surface area (Å²) in [5.74, 6) is 0.354. The molecule has 2 aromatic rings. The zero-order valence-corrected chi connectivity index (χ0v) is 12.9. The number of hydrogen-bond acceptors (Lipinski definition) is 2. The molecule has 0 saturated carbocycles. The van der Waals surface area contributed by atoms with Crippen molar-refractivity contribution in [1.82, 2.24) is 0 Å². The maximum absolute atomic E-state index is 9.71. The molecule has 106 valence electrons. The van der Waals surface area contributed by atoms with Crippen LogP contribution in [0.4, 0.5) is 5.69 Å². The number of aromatic hydroxyl groups is 1. The molecule has 2 rings (SSSR count). The SMILES string of the molecule is Cc1ccc(C(C)Nc2cc(C)c(O)cc2C)cc1C. The van der Waals surface area contributed by atoms with Crippen LogP contribution in [0.5, 0.6) is 5.75 Å². The van der Waals surface area contributed by atoms with Gasteiger partial charge in [-0.25, -0.2) is 0 Å². The summed E-state index contributed by atoms with van der Waals surface area (Å²) in [5.41, 5.74) is 6.94. The van der Waals surface area contributed by atoms with Crippen molar-refractivity contribution in [3.63, 3.8) is 0 Å². The number of benzene rings is 2. The minimum absolute atomic E-state index is 0.233. The fourth-order valence-electron chi connectivity index (χ4n) is 2.31. The highest BCUT2D eigenvalue weighted by Crippen LogP contribution is 2.28. The number of aryl methyl sites for hydroxylation is 4. The quantitative estimate of drug-likeness (QED) is 0.784. The Balaban J connectivity index is 2.25. The molecule has 20 heavy (non-hydrogen) atoms. The van der Waals surface area contributed by atoms with Crippen molar-refractivity contribution < 1.29 is 5.11 Å². The van der Waals surface area contributed by atoms with Crippen LogP contribution in [0, 0.1) is 27.7 Å². The summed E-state index contributed by atoms with van der Waals surface area (Å²) in [7, 11) is 0. The lowest BCUT2D eigenvalue weighted by Gasteiger charge is -2.19. The van der Waals surface area contributed by atoms with E-state index in [9.17, 15) is 5.11 Å². The molecule has 2 heteroatoms. The average molecular weight is 269 g/mol. The summed E-state index contributed by atoms with van der Waals surface area (Å²) in [4.78, 5) is 0. The van der Waals surface area contributed by atoms with Gasteiger partial charge in [0.15, 0.2) is 0 Å². The Hall–Kier alpha value is -1.96. The Morgan fingerprint density at radius 1 is 0.850 bits per heavy atom. The smallest absolute Gasteiger partial charge is 0.118 e. The van der Waals surface area contributed by atoms with E-state index >= 15 is 0 Å². The van der Waals surface area contributed by atoms with E-state index in [0.29, 0.717) is 5.75 Å². The Morgan fingerprint density at radius 2 is 1.55 bits per heavy atom. The Labute approximate surface area is 121 Å². The first-order chi connectivity index (χ1) is 9.38. The van der Waals surface area contributed by atoms with Crippen LogP contribution in [0.15, 0.2) is 30.3 Å². The molecule has 2 nitrogen and oxygen atoms in total. The van der Waals surface area contributed by atoms with E-state index in [1.807, 2.05) is 26.0 Å². The van der Waals surface area contributed by atoms with E-state index in [2.05, 4.69) is 44.3 Å². The molecular weight excluding hydrogens is 246 g/mol. The minimum atomic E-state index is 0.233. The first-order valence-corrected chi connectivity index (χ1v) is 7.02. The largest absolute Gasteiger partial charge is 0.508 e. The normalized spacial score (nSPS) is 12.2. The number of phenolic OH excluding ortho intramolecular Hbond substituents is 1. The van der Waals surface area contributed by atoms with Crippen molar-refractivity contribution >= 4 is 5.69 Å². The number of nitrogens with one attached hydrogen (secondary N) is 1. The predicted molar refractivity (Wildman–Crippen MR) is 85.5 cm³/mol. The lowest BCUT2D eigenvalue weighted by atomic mass is 10.0. The second-order valence-electron chi connectivity index (χ2n) is 5.66. The maximum Gasteiger partial charge on any atom is 0.118 e. The van der Waals surface area contributed by atoms with Crippen LogP contribution in [-0.2, 0) is 0 Å². The molecule has 0 aliphatic rings. The van der Waals surface area contributed by atoms with Gasteiger partial charge < -0.3 is 10.4 Å². The third-order valence-electron chi connectivity index (χ3n) is 3.95. The second-order valence-corrected chi connectivity index (χ2v) is 5.66. The molecular formula is C18H23NO. The molecule has 1 unspecified atom stereocenters. The van der Waals surface area contributed by atoms with E-state index in [-0.39, 0.29) is 6.04 Å². The zero-order valence-electron chi connectivity index (χ0n) is 12.9. The topological polar surface area (TPSA) is 32.3 Å². The average Bonchev–Trinajstić information content (AvgIpc) is 2.39. The van der Waals surface area contributed by atoms with Gasteiger partial charge in [-0.1, -0.05) is 18.2 Å². The van der Waals surface area contributed by atoms with E-state index < -0.39 is 0 Å². The molecule has 0 aromatic heterocycles. The maximum atomic E-state index is 9.71. The molecule has 0 amide bonds. The molecule has 0 spiro atoms. The predicted octanol–water partition coefficient (Wildman–Crippen LogP) is 4.80. The third-order valence-corrected chi connectivity index (χ3v) is 3.95. The first kappa shape index (κ1) is 14.4. The number of anilines is 1. The molecule has 0 fully saturated rings. The molecule has 0 heterocycles. The van der Waals surface area contributed by atoms with E-state index in [1.165, 1.54) is 16.7 Å². The van der Waals surface area contributed by atoms with Gasteiger partial charge in [0.1, 0.15) is 5.75 Å². The molecule has 0 bridgehead atoms. The van der Waals surface area contributed by atoms with Gasteiger partial charge in [-0.3, -0.25) is 0 Å². The standard InChI is InChI=1S/C18H23NO/c1-11-6-7-16(8-12(11)2)15(5)19-17-9-14(4)18(20)10-13(17)3/h6-10,15,19-20H,1-5H3. The van der Waals surface area contributed by atoms with Crippen molar-refractivity contribution in [2.75, 3.05) is 5.32 Å². The fourth-order valence-corrected chi connectivity index (χ4v) is 2.31. The van der Waals surface area contributed by atoms with Crippen LogP contribution in [0.25, 0.3) is 0 Å². The lowest BCUT2D eigenvalue weighted by molar-refractivity contribution is 0.470. The highest BCUT2D eigenvalue weighted by molar-refractivity contribution is 5.57. The van der Waals surface area contributed by atoms with Crippen LogP contribution in [0.3, 0.4) is 0 Å². The highest BCUT2D eigenvalue weighted by atomic mass is 16.3. The van der Waals surface area contributed by atoms with Gasteiger partial charge in [0, 0.05) is 11.7 Å². The van der Waals surface area contributed by atoms with Gasteiger partial charge in [-0.15, -0.1) is 0 Å². The molecule has 0 saturated heterocycles. The molecule has 0 aliphatic carbocycles. The summed E-state index contributed by atoms with van der Waals surface area (Å²) >= 11 is 0. The summed E-state index contributed by atoms with van der Waals surface area (Å²) < 4.78 is 0. The summed E-state index contributed by atoms with van der Waals surface area (Å²) in [6, 6.07) is 10.6. The molecule has 0 radical (unpaired) electrons. The zero-order chi connectivity index (χ0) is 14.9. The number of phenols is 1. The molecule has 2 aromatic carbocycles. The number of rotatable bonds is 3. The van der Waals surface area contributed by atoms with Crippen LogP contribution in [0.1, 0.15) is 40.8 Å². The van der Waals surface area contributed by atoms with Gasteiger partial charge in [0.05, 0.1) is 0 Å². The second kappa shape index (κ2) is 5.58. The summed E-state index contributed by atoms with van der Waals surface area (Å²) in [5, 5.41) is 13.2. The van der Waals surface area contributed by atoms with E-state index in [4.69, 9.17) is 0 Å². The van der Waals surface area contributed by atoms with Gasteiger partial charge >= 0.3 is 0 Å².